The van der Waals surface area contributed by atoms with Crippen molar-refractivity contribution in [1.29, 1.82) is 0 Å². The molecule has 2 aliphatic heterocycles. The highest BCUT2D eigenvalue weighted by Gasteiger charge is 2.33. The minimum absolute atomic E-state index is 0.0141. The van der Waals surface area contributed by atoms with E-state index < -0.39 is 0 Å². The summed E-state index contributed by atoms with van der Waals surface area (Å²) in [6, 6.07) is 5.51. The van der Waals surface area contributed by atoms with Gasteiger partial charge in [-0.3, -0.25) is 14.5 Å². The monoisotopic (exact) mass is 259 g/mol. The molecule has 1 saturated heterocycles. The number of rotatable bonds is 1. The molecule has 1 aromatic carbocycles. The molecule has 0 spiro atoms. The maximum absolute atomic E-state index is 12.2. The number of Topliss-reactive ketones (excluding diaryl/α,β-unsaturated/α-hetero) is 1. The highest BCUT2D eigenvalue weighted by molar-refractivity contribution is 6.01. The molecule has 0 bridgehead atoms. The van der Waals surface area contributed by atoms with Gasteiger partial charge in [0.1, 0.15) is 5.78 Å². The molecule has 1 unspecified atom stereocenters. The molecule has 0 radical (unpaired) electrons. The molecule has 3 rings (SSSR count). The minimum Gasteiger partial charge on any atom is -0.397 e. The maximum atomic E-state index is 12.2. The first-order valence-electron chi connectivity index (χ1n) is 6.59. The van der Waals surface area contributed by atoms with Gasteiger partial charge in [-0.1, -0.05) is 12.1 Å². The smallest absolute Gasteiger partial charge is 0.242 e. The number of likely N-dealkylation sites (tertiary alicyclic amines) is 1. The van der Waals surface area contributed by atoms with Crippen LogP contribution in [0, 0.1) is 0 Å². The van der Waals surface area contributed by atoms with Crippen molar-refractivity contribution in [3.05, 3.63) is 23.8 Å². The van der Waals surface area contributed by atoms with Gasteiger partial charge in [0.15, 0.2) is 0 Å². The van der Waals surface area contributed by atoms with Crippen LogP contribution >= 0.6 is 0 Å². The van der Waals surface area contributed by atoms with Gasteiger partial charge in [-0.15, -0.1) is 0 Å². The maximum Gasteiger partial charge on any atom is 0.242 e. The second-order valence-electron chi connectivity index (χ2n) is 5.17. The fourth-order valence-electron chi connectivity index (χ4n) is 2.83. The van der Waals surface area contributed by atoms with Crippen LogP contribution in [0.15, 0.2) is 18.2 Å². The number of nitrogens with zero attached hydrogens (tertiary/aromatic N) is 1. The molecule has 0 aliphatic carbocycles. The summed E-state index contributed by atoms with van der Waals surface area (Å²) in [5, 5.41) is 2.90. The molecule has 5 nitrogen and oxygen atoms in total. The Labute approximate surface area is 111 Å². The van der Waals surface area contributed by atoms with Crippen molar-refractivity contribution in [2.75, 3.05) is 24.1 Å². The van der Waals surface area contributed by atoms with E-state index in [2.05, 4.69) is 10.2 Å². The summed E-state index contributed by atoms with van der Waals surface area (Å²) in [6.07, 6.45) is 1.77. The number of hydrogen-bond acceptors (Lipinski definition) is 4. The number of piperidine rings is 1. The SMILES string of the molecule is Nc1cccc2c1NC(=O)C(N1CCC(=O)CC1)C2. The van der Waals surface area contributed by atoms with Crippen LogP contribution < -0.4 is 11.1 Å². The van der Waals surface area contributed by atoms with E-state index in [1.807, 2.05) is 12.1 Å². The average molecular weight is 259 g/mol. The molecule has 3 N–H and O–H groups in total. The Balaban J connectivity index is 1.82. The van der Waals surface area contributed by atoms with Crippen molar-refractivity contribution in [2.45, 2.75) is 25.3 Å². The molecule has 1 fully saturated rings. The molecular formula is C14H17N3O2. The highest BCUT2D eigenvalue weighted by Crippen LogP contribution is 2.30. The van der Waals surface area contributed by atoms with Crippen molar-refractivity contribution < 1.29 is 9.59 Å². The first-order valence-corrected chi connectivity index (χ1v) is 6.59. The number of fused-ring (bicyclic) bond motifs is 1. The van der Waals surface area contributed by atoms with Crippen LogP contribution in [-0.4, -0.2) is 35.7 Å². The lowest BCUT2D eigenvalue weighted by atomic mass is 9.95. The molecule has 19 heavy (non-hydrogen) atoms. The van der Waals surface area contributed by atoms with Gasteiger partial charge in [0.05, 0.1) is 17.4 Å². The number of nitrogens with two attached hydrogens (primary N) is 1. The van der Waals surface area contributed by atoms with E-state index in [4.69, 9.17) is 5.73 Å². The Bertz CT molecular complexity index is 531. The topological polar surface area (TPSA) is 75.4 Å². The summed E-state index contributed by atoms with van der Waals surface area (Å²) < 4.78 is 0. The van der Waals surface area contributed by atoms with E-state index in [0.29, 0.717) is 38.0 Å². The van der Waals surface area contributed by atoms with Crippen molar-refractivity contribution in [3.8, 4) is 0 Å². The molecule has 1 amide bonds. The number of anilines is 2. The van der Waals surface area contributed by atoms with Crippen molar-refractivity contribution >= 4 is 23.1 Å². The van der Waals surface area contributed by atoms with E-state index in [-0.39, 0.29) is 17.7 Å². The highest BCUT2D eigenvalue weighted by atomic mass is 16.2. The van der Waals surface area contributed by atoms with Crippen molar-refractivity contribution in [3.63, 3.8) is 0 Å². The number of carbonyl (C=O) groups excluding carboxylic acids is 2. The zero-order valence-corrected chi connectivity index (χ0v) is 10.7. The van der Waals surface area contributed by atoms with E-state index in [1.54, 1.807) is 6.07 Å². The summed E-state index contributed by atoms with van der Waals surface area (Å²) >= 11 is 0. The van der Waals surface area contributed by atoms with Crippen LogP contribution in [0.4, 0.5) is 11.4 Å². The fraction of sp³-hybridized carbons (Fsp3) is 0.429. The van der Waals surface area contributed by atoms with Gasteiger partial charge < -0.3 is 11.1 Å². The Hall–Kier alpha value is -1.88. The first kappa shape index (κ1) is 12.2. The molecule has 1 atom stereocenters. The van der Waals surface area contributed by atoms with Gasteiger partial charge in [-0.2, -0.15) is 0 Å². The third-order valence-corrected chi connectivity index (χ3v) is 3.94. The average Bonchev–Trinajstić information content (AvgIpc) is 2.40. The predicted octanol–water partition coefficient (Wildman–Crippen LogP) is 0.797. The number of ketones is 1. The van der Waals surface area contributed by atoms with Crippen molar-refractivity contribution in [1.82, 2.24) is 4.90 Å². The second kappa shape index (κ2) is 4.66. The van der Waals surface area contributed by atoms with E-state index in [0.717, 1.165) is 11.3 Å². The summed E-state index contributed by atoms with van der Waals surface area (Å²) in [7, 11) is 0. The number of amides is 1. The molecule has 2 heterocycles. The zero-order chi connectivity index (χ0) is 13.4. The van der Waals surface area contributed by atoms with Gasteiger partial charge in [0, 0.05) is 25.9 Å². The number of hydrogen-bond donors (Lipinski definition) is 2. The third kappa shape index (κ3) is 2.21. The van der Waals surface area contributed by atoms with E-state index >= 15 is 0 Å². The van der Waals surface area contributed by atoms with Crippen LogP contribution in [0.25, 0.3) is 0 Å². The molecule has 0 saturated carbocycles. The Kier molecular flexibility index (Phi) is 2.98. The van der Waals surface area contributed by atoms with Gasteiger partial charge in [0.25, 0.3) is 0 Å². The zero-order valence-electron chi connectivity index (χ0n) is 10.7. The molecule has 100 valence electrons. The summed E-state index contributed by atoms with van der Waals surface area (Å²) in [5.74, 6) is 0.275. The number of carbonyl (C=O) groups is 2. The number of nitrogens with one attached hydrogen (secondary N) is 1. The van der Waals surface area contributed by atoms with E-state index in [9.17, 15) is 9.59 Å². The molecule has 5 heteroatoms. The summed E-state index contributed by atoms with van der Waals surface area (Å²) in [5.41, 5.74) is 8.30. The third-order valence-electron chi connectivity index (χ3n) is 3.94. The number of para-hydroxylation sites is 1. The van der Waals surface area contributed by atoms with Gasteiger partial charge in [0.2, 0.25) is 5.91 Å². The summed E-state index contributed by atoms with van der Waals surface area (Å²) in [6.45, 7) is 1.35. The standard InChI is InChI=1S/C14H17N3O2/c15-11-3-1-2-9-8-12(14(19)16-13(9)11)17-6-4-10(18)5-7-17/h1-3,12H,4-8,15H2,(H,16,19). The lowest BCUT2D eigenvalue weighted by molar-refractivity contribution is -0.127. The van der Waals surface area contributed by atoms with Crippen LogP contribution in [0.2, 0.25) is 0 Å². The number of benzene rings is 1. The predicted molar refractivity (Wildman–Crippen MR) is 72.8 cm³/mol. The lowest BCUT2D eigenvalue weighted by Gasteiger charge is -2.36. The van der Waals surface area contributed by atoms with Crippen molar-refractivity contribution in [2.24, 2.45) is 0 Å². The van der Waals surface area contributed by atoms with Crippen LogP contribution in [0.1, 0.15) is 18.4 Å². The Morgan fingerprint density at radius 2 is 1.95 bits per heavy atom. The normalized spacial score (nSPS) is 23.9. The van der Waals surface area contributed by atoms with Crippen LogP contribution in [-0.2, 0) is 16.0 Å². The molecular weight excluding hydrogens is 242 g/mol. The quantitative estimate of drug-likeness (QED) is 0.731. The lowest BCUT2D eigenvalue weighted by Crippen LogP contribution is -2.50. The Morgan fingerprint density at radius 1 is 1.21 bits per heavy atom. The molecule has 1 aromatic rings. The van der Waals surface area contributed by atoms with Crippen LogP contribution in [0.3, 0.4) is 0 Å². The van der Waals surface area contributed by atoms with Gasteiger partial charge in [-0.05, 0) is 18.1 Å². The second-order valence-corrected chi connectivity index (χ2v) is 5.17. The largest absolute Gasteiger partial charge is 0.397 e. The summed E-state index contributed by atoms with van der Waals surface area (Å²) in [4.78, 5) is 25.6. The Morgan fingerprint density at radius 3 is 2.68 bits per heavy atom. The number of nitrogen functional groups attached to an aromatic ring is 1. The molecule has 0 aromatic heterocycles. The van der Waals surface area contributed by atoms with Gasteiger partial charge >= 0.3 is 0 Å². The molecule has 2 aliphatic rings. The first-order chi connectivity index (χ1) is 9.15. The van der Waals surface area contributed by atoms with E-state index in [1.165, 1.54) is 0 Å². The fourth-order valence-corrected chi connectivity index (χ4v) is 2.83. The van der Waals surface area contributed by atoms with Crippen LogP contribution in [0.5, 0.6) is 0 Å². The van der Waals surface area contributed by atoms with Gasteiger partial charge in [-0.25, -0.2) is 0 Å². The minimum atomic E-state index is -0.178.